The number of aliphatic imine (C=N–C) groups is 1. The van der Waals surface area contributed by atoms with Gasteiger partial charge in [-0.15, -0.1) is 0 Å². The molecule has 5 aromatic rings. The third-order valence-corrected chi connectivity index (χ3v) is 8.49. The number of amides is 1. The molecule has 0 bridgehead atoms. The van der Waals surface area contributed by atoms with Gasteiger partial charge in [0.2, 0.25) is 0 Å². The van der Waals surface area contributed by atoms with Gasteiger partial charge in [-0.3, -0.25) is 9.69 Å². The summed E-state index contributed by atoms with van der Waals surface area (Å²) in [5.41, 5.74) is 8.83. The van der Waals surface area contributed by atoms with Crippen LogP contribution >= 0.6 is 11.8 Å². The summed E-state index contributed by atoms with van der Waals surface area (Å²) < 4.78 is 2.27. The van der Waals surface area contributed by atoms with Crippen LogP contribution < -0.4 is 4.90 Å². The van der Waals surface area contributed by atoms with Gasteiger partial charge in [0, 0.05) is 29.2 Å². The van der Waals surface area contributed by atoms with E-state index in [-0.39, 0.29) is 5.91 Å². The van der Waals surface area contributed by atoms with Crippen molar-refractivity contribution in [1.29, 1.82) is 0 Å². The molecule has 1 saturated heterocycles. The summed E-state index contributed by atoms with van der Waals surface area (Å²) in [5, 5.41) is 1.79. The summed E-state index contributed by atoms with van der Waals surface area (Å²) in [7, 11) is 0. The number of fused-ring (bicyclic) bond motifs is 1. The molecular weight excluding hydrogens is 522 g/mol. The molecule has 1 aliphatic rings. The Morgan fingerprint density at radius 3 is 2.22 bits per heavy atom. The third-order valence-electron chi connectivity index (χ3n) is 7.52. The lowest BCUT2D eigenvalue weighted by Gasteiger charge is -2.16. The van der Waals surface area contributed by atoms with Crippen molar-refractivity contribution in [3.8, 4) is 0 Å². The van der Waals surface area contributed by atoms with Crippen molar-refractivity contribution >= 4 is 51.2 Å². The number of aromatic nitrogens is 1. The number of para-hydroxylation sites is 1. The van der Waals surface area contributed by atoms with E-state index in [9.17, 15) is 4.79 Å². The smallest absolute Gasteiger partial charge is 0.271 e. The van der Waals surface area contributed by atoms with Crippen LogP contribution in [0.15, 0.2) is 113 Å². The van der Waals surface area contributed by atoms with Crippen LogP contribution in [0, 0.1) is 6.92 Å². The molecule has 1 fully saturated rings. The molecule has 204 valence electrons. The van der Waals surface area contributed by atoms with E-state index >= 15 is 0 Å². The van der Waals surface area contributed by atoms with E-state index < -0.39 is 0 Å². The molecule has 0 aliphatic carbocycles. The van der Waals surface area contributed by atoms with Gasteiger partial charge >= 0.3 is 0 Å². The number of anilines is 1. The molecule has 0 radical (unpaired) electrons. The van der Waals surface area contributed by atoms with E-state index in [0.717, 1.165) is 47.2 Å². The fourth-order valence-corrected chi connectivity index (χ4v) is 6.24. The summed E-state index contributed by atoms with van der Waals surface area (Å²) in [6, 6.07) is 33.4. The first-order chi connectivity index (χ1) is 20.0. The Bertz CT molecular complexity index is 1780. The minimum absolute atomic E-state index is 0.0568. The summed E-state index contributed by atoms with van der Waals surface area (Å²) in [4.78, 5) is 21.3. The molecule has 4 aromatic carbocycles. The molecule has 41 heavy (non-hydrogen) atoms. The summed E-state index contributed by atoms with van der Waals surface area (Å²) in [5.74, 6) is -0.0568. The van der Waals surface area contributed by atoms with E-state index in [2.05, 4.69) is 104 Å². The summed E-state index contributed by atoms with van der Waals surface area (Å²) in [6.07, 6.45) is 6.11. The first-order valence-corrected chi connectivity index (χ1v) is 15.0. The van der Waals surface area contributed by atoms with Gasteiger partial charge in [0.15, 0.2) is 5.17 Å². The molecule has 4 nitrogen and oxygen atoms in total. The fourth-order valence-electron chi connectivity index (χ4n) is 5.24. The number of thioether (sulfide) groups is 1. The van der Waals surface area contributed by atoms with Crippen LogP contribution in [0.25, 0.3) is 17.0 Å². The van der Waals surface area contributed by atoms with E-state index in [0.29, 0.717) is 10.1 Å². The Morgan fingerprint density at radius 2 is 1.51 bits per heavy atom. The molecule has 6 rings (SSSR count). The molecule has 1 aromatic heterocycles. The van der Waals surface area contributed by atoms with Crippen LogP contribution in [-0.2, 0) is 24.2 Å². The van der Waals surface area contributed by atoms with Crippen molar-refractivity contribution in [2.45, 2.75) is 40.2 Å². The van der Waals surface area contributed by atoms with Crippen LogP contribution in [-0.4, -0.2) is 15.6 Å². The van der Waals surface area contributed by atoms with Crippen LogP contribution in [0.1, 0.15) is 41.7 Å². The first-order valence-electron chi connectivity index (χ1n) is 14.2. The first kappa shape index (κ1) is 26.9. The molecule has 2 heterocycles. The molecule has 0 atom stereocenters. The quantitative estimate of drug-likeness (QED) is 0.188. The van der Waals surface area contributed by atoms with E-state index in [1.165, 1.54) is 34.0 Å². The second-order valence-corrected chi connectivity index (χ2v) is 11.4. The molecular formula is C36H33N3OS. The summed E-state index contributed by atoms with van der Waals surface area (Å²) >= 11 is 1.43. The lowest BCUT2D eigenvalue weighted by atomic mass is 10.1. The molecule has 0 spiro atoms. The minimum Gasteiger partial charge on any atom is -0.342 e. The van der Waals surface area contributed by atoms with Gasteiger partial charge < -0.3 is 4.57 Å². The monoisotopic (exact) mass is 555 g/mol. The van der Waals surface area contributed by atoms with Crippen molar-refractivity contribution < 1.29 is 4.79 Å². The molecule has 1 amide bonds. The van der Waals surface area contributed by atoms with Crippen LogP contribution in [0.5, 0.6) is 0 Å². The van der Waals surface area contributed by atoms with Crippen molar-refractivity contribution in [2.75, 3.05) is 4.90 Å². The van der Waals surface area contributed by atoms with Crippen molar-refractivity contribution in [3.05, 3.63) is 136 Å². The molecule has 0 N–H and O–H groups in total. The molecule has 0 unspecified atom stereocenters. The van der Waals surface area contributed by atoms with Crippen LogP contribution in [0.3, 0.4) is 0 Å². The number of carbonyl (C=O) groups is 1. The number of carbonyl (C=O) groups excluding carboxylic acids is 1. The van der Waals surface area contributed by atoms with Crippen LogP contribution in [0.4, 0.5) is 11.4 Å². The second-order valence-electron chi connectivity index (χ2n) is 10.4. The Hall–Kier alpha value is -4.35. The van der Waals surface area contributed by atoms with E-state index in [4.69, 9.17) is 4.99 Å². The predicted molar refractivity (Wildman–Crippen MR) is 174 cm³/mol. The average Bonchev–Trinajstić information content (AvgIpc) is 3.49. The maximum atomic E-state index is 14.0. The predicted octanol–water partition coefficient (Wildman–Crippen LogP) is 8.93. The van der Waals surface area contributed by atoms with Gasteiger partial charge in [0.1, 0.15) is 0 Å². The number of aryl methyl sites for hydroxylation is 3. The number of benzene rings is 4. The average molecular weight is 556 g/mol. The third kappa shape index (κ3) is 5.63. The molecule has 5 heteroatoms. The molecule has 1 aliphatic heterocycles. The zero-order chi connectivity index (χ0) is 28.3. The lowest BCUT2D eigenvalue weighted by molar-refractivity contribution is -0.113. The number of rotatable bonds is 7. The highest BCUT2D eigenvalue weighted by atomic mass is 32.2. The lowest BCUT2D eigenvalue weighted by Crippen LogP contribution is -2.28. The van der Waals surface area contributed by atoms with Gasteiger partial charge in [0.05, 0.1) is 16.3 Å². The Balaban J connectivity index is 1.41. The Kier molecular flexibility index (Phi) is 7.62. The van der Waals surface area contributed by atoms with Crippen molar-refractivity contribution in [3.63, 3.8) is 0 Å². The Labute approximate surface area is 246 Å². The van der Waals surface area contributed by atoms with Crippen molar-refractivity contribution in [2.24, 2.45) is 4.99 Å². The maximum absolute atomic E-state index is 14.0. The van der Waals surface area contributed by atoms with Gasteiger partial charge in [-0.1, -0.05) is 86.1 Å². The van der Waals surface area contributed by atoms with Gasteiger partial charge in [0.25, 0.3) is 5.91 Å². The Morgan fingerprint density at radius 1 is 0.805 bits per heavy atom. The van der Waals surface area contributed by atoms with Gasteiger partial charge in [-0.05, 0) is 84.6 Å². The zero-order valence-electron chi connectivity index (χ0n) is 23.7. The second kappa shape index (κ2) is 11.6. The highest BCUT2D eigenvalue weighted by Gasteiger charge is 2.35. The summed E-state index contributed by atoms with van der Waals surface area (Å²) in [6.45, 7) is 7.16. The number of nitrogens with zero attached hydrogens (tertiary/aromatic N) is 3. The van der Waals surface area contributed by atoms with Crippen molar-refractivity contribution in [1.82, 2.24) is 4.57 Å². The molecule has 0 saturated carbocycles. The number of hydrogen-bond acceptors (Lipinski definition) is 3. The normalized spacial score (nSPS) is 15.5. The van der Waals surface area contributed by atoms with Gasteiger partial charge in [-0.2, -0.15) is 0 Å². The SMILES string of the molecule is CCc1ccc(N=C2S/C(=C\c3cn(Cc4cccc(C)c4)c4ccccc34)C(=O)N2c2ccc(CC)cc2)cc1. The van der Waals surface area contributed by atoms with E-state index in [1.54, 1.807) is 4.90 Å². The zero-order valence-corrected chi connectivity index (χ0v) is 24.5. The van der Waals surface area contributed by atoms with Gasteiger partial charge in [-0.25, -0.2) is 4.99 Å². The maximum Gasteiger partial charge on any atom is 0.271 e. The topological polar surface area (TPSA) is 37.6 Å². The highest BCUT2D eigenvalue weighted by Crippen LogP contribution is 2.38. The van der Waals surface area contributed by atoms with E-state index in [1.807, 2.05) is 30.3 Å². The number of amidine groups is 1. The highest BCUT2D eigenvalue weighted by molar-refractivity contribution is 8.19. The number of hydrogen-bond donors (Lipinski definition) is 0. The fraction of sp³-hybridized carbons (Fsp3) is 0.167. The standard InChI is InChI=1S/C36H33N3OS/c1-4-26-13-17-30(18-14-26)37-36-39(31-19-15-27(5-2)16-20-31)35(40)34(41-36)22-29-24-38(33-12-7-6-11-32(29)33)23-28-10-8-9-25(3)21-28/h6-22,24H,4-5,23H2,1-3H3/b34-22-,37-36?. The van der Waals surface area contributed by atoms with Crippen LogP contribution in [0.2, 0.25) is 0 Å². The largest absolute Gasteiger partial charge is 0.342 e. The minimum atomic E-state index is -0.0568.